The molecule has 1 aromatic carbocycles. The van der Waals surface area contributed by atoms with Gasteiger partial charge in [-0.3, -0.25) is 24.6 Å². The van der Waals surface area contributed by atoms with Crippen LogP contribution in [-0.2, 0) is 19.9 Å². The molecule has 2 saturated heterocycles. The predicted octanol–water partition coefficient (Wildman–Crippen LogP) is 1.88. The number of carbonyl (C=O) groups is 3. The molecule has 1 aromatic rings. The number of rotatable bonds is 2. The zero-order valence-electron chi connectivity index (χ0n) is 14.3. The van der Waals surface area contributed by atoms with Gasteiger partial charge in [-0.1, -0.05) is 30.7 Å². The van der Waals surface area contributed by atoms with Crippen molar-refractivity contribution in [1.82, 2.24) is 10.2 Å². The van der Waals surface area contributed by atoms with Gasteiger partial charge >= 0.3 is 0 Å². The van der Waals surface area contributed by atoms with E-state index in [9.17, 15) is 14.4 Å². The fourth-order valence-corrected chi connectivity index (χ4v) is 4.82. The van der Waals surface area contributed by atoms with Crippen LogP contribution < -0.4 is 10.6 Å². The summed E-state index contributed by atoms with van der Waals surface area (Å²) >= 11 is 6.24. The first-order valence-corrected chi connectivity index (χ1v) is 8.97. The summed E-state index contributed by atoms with van der Waals surface area (Å²) in [6.45, 7) is 5.66. The van der Waals surface area contributed by atoms with Gasteiger partial charge in [0.2, 0.25) is 17.7 Å². The number of benzene rings is 1. The molecule has 3 amide bonds. The second kappa shape index (κ2) is 5.29. The van der Waals surface area contributed by atoms with E-state index in [1.54, 1.807) is 18.2 Å². The summed E-state index contributed by atoms with van der Waals surface area (Å²) < 4.78 is 0. The molecule has 132 valence electrons. The SMILES string of the molecule is CCC(C)N1C(=O)[C@@H]2C(C)NC3(C(=O)Nc4c(Cl)cccc43)[C@@H]2C1=O. The van der Waals surface area contributed by atoms with Crippen LogP contribution in [0, 0.1) is 11.8 Å². The van der Waals surface area contributed by atoms with Gasteiger partial charge in [-0.15, -0.1) is 0 Å². The summed E-state index contributed by atoms with van der Waals surface area (Å²) in [5.41, 5.74) is -0.0625. The van der Waals surface area contributed by atoms with Crippen LogP contribution in [0.3, 0.4) is 0 Å². The lowest BCUT2D eigenvalue weighted by atomic mass is 9.76. The van der Waals surface area contributed by atoms with Crippen LogP contribution >= 0.6 is 11.6 Å². The highest BCUT2D eigenvalue weighted by atomic mass is 35.5. The highest BCUT2D eigenvalue weighted by Crippen LogP contribution is 2.54. The Morgan fingerprint density at radius 1 is 1.28 bits per heavy atom. The quantitative estimate of drug-likeness (QED) is 0.788. The van der Waals surface area contributed by atoms with Gasteiger partial charge in [0.05, 0.1) is 22.5 Å². The standard InChI is InChI=1S/C18H20ClN3O3/c1-4-8(2)22-15(23)12-9(3)21-18(13(12)16(22)24)10-6-5-7-11(19)14(10)20-17(18)25/h5-9,12-13,21H,4H2,1-3H3,(H,20,25)/t8?,9?,12-,13+,18?/m1/s1. The van der Waals surface area contributed by atoms with Crippen LogP contribution in [0.5, 0.6) is 0 Å². The van der Waals surface area contributed by atoms with Crippen molar-refractivity contribution in [2.45, 2.75) is 44.8 Å². The first kappa shape index (κ1) is 16.5. The van der Waals surface area contributed by atoms with E-state index in [0.29, 0.717) is 22.7 Å². The third-order valence-electron chi connectivity index (χ3n) is 5.91. The number of amides is 3. The number of anilines is 1. The second-order valence-electron chi connectivity index (χ2n) is 7.16. The summed E-state index contributed by atoms with van der Waals surface area (Å²) in [7, 11) is 0. The molecule has 3 aliphatic heterocycles. The number of likely N-dealkylation sites (tertiary alicyclic amines) is 1. The minimum atomic E-state index is -1.24. The molecule has 0 aliphatic carbocycles. The van der Waals surface area contributed by atoms with Crippen molar-refractivity contribution in [1.29, 1.82) is 0 Å². The maximum Gasteiger partial charge on any atom is 0.250 e. The molecule has 0 saturated carbocycles. The van der Waals surface area contributed by atoms with Crippen molar-refractivity contribution in [2.75, 3.05) is 5.32 Å². The van der Waals surface area contributed by atoms with E-state index in [4.69, 9.17) is 11.6 Å². The number of nitrogens with zero attached hydrogens (tertiary/aromatic N) is 1. The Hall–Kier alpha value is -1.92. The lowest BCUT2D eigenvalue weighted by Gasteiger charge is -2.30. The van der Waals surface area contributed by atoms with Crippen molar-refractivity contribution < 1.29 is 14.4 Å². The first-order valence-electron chi connectivity index (χ1n) is 8.59. The number of para-hydroxylation sites is 1. The molecule has 25 heavy (non-hydrogen) atoms. The number of carbonyl (C=O) groups excluding carboxylic acids is 3. The van der Waals surface area contributed by atoms with Crippen LogP contribution in [0.2, 0.25) is 5.02 Å². The smallest absolute Gasteiger partial charge is 0.250 e. The molecule has 2 fully saturated rings. The number of fused-ring (bicyclic) bond motifs is 4. The minimum Gasteiger partial charge on any atom is -0.323 e. The minimum absolute atomic E-state index is 0.182. The molecule has 3 heterocycles. The van der Waals surface area contributed by atoms with Crippen molar-refractivity contribution >= 4 is 35.0 Å². The molecule has 3 aliphatic rings. The summed E-state index contributed by atoms with van der Waals surface area (Å²) in [6.07, 6.45) is 0.681. The van der Waals surface area contributed by atoms with Gasteiger partial charge in [0, 0.05) is 17.6 Å². The molecule has 7 heteroatoms. The van der Waals surface area contributed by atoms with Gasteiger partial charge in [0.1, 0.15) is 5.54 Å². The number of nitrogens with one attached hydrogen (secondary N) is 2. The van der Waals surface area contributed by atoms with E-state index in [2.05, 4.69) is 10.6 Å². The van der Waals surface area contributed by atoms with Crippen molar-refractivity contribution in [3.8, 4) is 0 Å². The highest BCUT2D eigenvalue weighted by Gasteiger charge is 2.70. The Labute approximate surface area is 150 Å². The molecule has 2 N–H and O–H groups in total. The Bertz CT molecular complexity index is 811. The molecule has 6 nitrogen and oxygen atoms in total. The van der Waals surface area contributed by atoms with Crippen LogP contribution in [0.4, 0.5) is 5.69 Å². The van der Waals surface area contributed by atoms with Crippen molar-refractivity contribution in [3.05, 3.63) is 28.8 Å². The Balaban J connectivity index is 1.89. The van der Waals surface area contributed by atoms with E-state index < -0.39 is 17.4 Å². The molecule has 5 atom stereocenters. The van der Waals surface area contributed by atoms with Gasteiger partial charge in [0.15, 0.2) is 0 Å². The van der Waals surface area contributed by atoms with Gasteiger partial charge in [-0.25, -0.2) is 0 Å². The zero-order valence-corrected chi connectivity index (χ0v) is 15.1. The first-order chi connectivity index (χ1) is 11.8. The monoisotopic (exact) mass is 361 g/mol. The van der Waals surface area contributed by atoms with E-state index in [1.165, 1.54) is 4.90 Å². The van der Waals surface area contributed by atoms with Gasteiger partial charge in [0.25, 0.3) is 0 Å². The van der Waals surface area contributed by atoms with Gasteiger partial charge in [-0.2, -0.15) is 0 Å². The Morgan fingerprint density at radius 3 is 2.68 bits per heavy atom. The fraction of sp³-hybridized carbons (Fsp3) is 0.500. The molecule has 1 spiro atoms. The van der Waals surface area contributed by atoms with Gasteiger partial charge in [-0.05, 0) is 26.3 Å². The summed E-state index contributed by atoms with van der Waals surface area (Å²) in [4.78, 5) is 40.5. The molecule has 3 unspecified atom stereocenters. The van der Waals surface area contributed by atoms with Crippen LogP contribution in [0.15, 0.2) is 18.2 Å². The Kier molecular flexibility index (Phi) is 3.50. The molecule has 0 radical (unpaired) electrons. The Morgan fingerprint density at radius 2 is 2.00 bits per heavy atom. The van der Waals surface area contributed by atoms with E-state index in [0.717, 1.165) is 0 Å². The third-order valence-corrected chi connectivity index (χ3v) is 6.23. The summed E-state index contributed by atoms with van der Waals surface area (Å²) in [6, 6.07) is 4.79. The molecular formula is C18H20ClN3O3. The number of halogens is 1. The third kappa shape index (κ3) is 1.87. The lowest BCUT2D eigenvalue weighted by Crippen LogP contribution is -2.53. The topological polar surface area (TPSA) is 78.5 Å². The van der Waals surface area contributed by atoms with E-state index in [-0.39, 0.29) is 29.8 Å². The maximum atomic E-state index is 13.2. The van der Waals surface area contributed by atoms with Crippen molar-refractivity contribution in [3.63, 3.8) is 0 Å². The summed E-state index contributed by atoms with van der Waals surface area (Å²) in [5, 5.41) is 6.50. The van der Waals surface area contributed by atoms with Crippen molar-refractivity contribution in [2.24, 2.45) is 11.8 Å². The largest absolute Gasteiger partial charge is 0.323 e. The maximum absolute atomic E-state index is 13.2. The molecular weight excluding hydrogens is 342 g/mol. The van der Waals surface area contributed by atoms with Gasteiger partial charge < -0.3 is 5.32 Å². The number of hydrogen-bond acceptors (Lipinski definition) is 4. The van der Waals surface area contributed by atoms with E-state index >= 15 is 0 Å². The average molecular weight is 362 g/mol. The van der Waals surface area contributed by atoms with Crippen LogP contribution in [0.25, 0.3) is 0 Å². The predicted molar refractivity (Wildman–Crippen MR) is 92.9 cm³/mol. The molecule has 4 rings (SSSR count). The molecule has 0 aromatic heterocycles. The number of imide groups is 1. The highest BCUT2D eigenvalue weighted by molar-refractivity contribution is 6.35. The average Bonchev–Trinajstić information content (AvgIpc) is 3.13. The number of hydrogen-bond donors (Lipinski definition) is 2. The molecule has 0 bridgehead atoms. The second-order valence-corrected chi connectivity index (χ2v) is 7.57. The van der Waals surface area contributed by atoms with E-state index in [1.807, 2.05) is 20.8 Å². The lowest BCUT2D eigenvalue weighted by molar-refractivity contribution is -0.145. The normalized spacial score (nSPS) is 34.5. The fourth-order valence-electron chi connectivity index (χ4n) is 4.59. The van der Waals surface area contributed by atoms with Crippen LogP contribution in [0.1, 0.15) is 32.8 Å². The summed E-state index contributed by atoms with van der Waals surface area (Å²) in [5.74, 6) is -2.07. The van der Waals surface area contributed by atoms with Crippen LogP contribution in [-0.4, -0.2) is 34.7 Å². The zero-order chi connectivity index (χ0) is 18.1.